The Labute approximate surface area is 169 Å². The van der Waals surface area contributed by atoms with Crippen LogP contribution in [0.1, 0.15) is 33.9 Å². The molecule has 0 saturated carbocycles. The molecule has 1 heterocycles. The van der Waals surface area contributed by atoms with Gasteiger partial charge in [-0.15, -0.1) is 0 Å². The van der Waals surface area contributed by atoms with E-state index in [-0.39, 0.29) is 12.3 Å². The number of rotatable bonds is 7. The monoisotopic (exact) mass is 390 g/mol. The Morgan fingerprint density at radius 3 is 2.59 bits per heavy atom. The van der Waals surface area contributed by atoms with E-state index in [4.69, 9.17) is 4.74 Å². The quantitative estimate of drug-likeness (QED) is 0.636. The van der Waals surface area contributed by atoms with Gasteiger partial charge in [-0.25, -0.2) is 0 Å². The summed E-state index contributed by atoms with van der Waals surface area (Å²) in [6.07, 6.45) is 2.93. The van der Waals surface area contributed by atoms with Gasteiger partial charge in [-0.3, -0.25) is 14.6 Å². The van der Waals surface area contributed by atoms with E-state index in [1.807, 2.05) is 55.5 Å². The first-order valence-electron chi connectivity index (χ1n) is 9.15. The van der Waals surface area contributed by atoms with E-state index >= 15 is 0 Å². The molecule has 0 bridgehead atoms. The lowest BCUT2D eigenvalue weighted by molar-refractivity contribution is -0.137. The highest BCUT2D eigenvalue weighted by molar-refractivity contribution is 5.95. The third-order valence-electron chi connectivity index (χ3n) is 4.65. The number of nitrogens with one attached hydrogen (secondary N) is 1. The molecule has 6 nitrogen and oxygen atoms in total. The van der Waals surface area contributed by atoms with Crippen LogP contribution in [0.5, 0.6) is 5.75 Å². The number of carboxylic acids is 1. The third kappa shape index (κ3) is 4.99. The van der Waals surface area contributed by atoms with Gasteiger partial charge in [0, 0.05) is 18.0 Å². The van der Waals surface area contributed by atoms with Crippen LogP contribution in [0.15, 0.2) is 67.0 Å². The maximum Gasteiger partial charge on any atom is 0.305 e. The van der Waals surface area contributed by atoms with E-state index in [2.05, 4.69) is 10.3 Å². The molecule has 0 aliphatic carbocycles. The van der Waals surface area contributed by atoms with Crippen LogP contribution in [0.2, 0.25) is 0 Å². The van der Waals surface area contributed by atoms with Crippen LogP contribution in [0, 0.1) is 6.92 Å². The highest BCUT2D eigenvalue weighted by Crippen LogP contribution is 2.25. The number of carboxylic acid groups (broad SMARTS) is 1. The first kappa shape index (κ1) is 20.1. The Balaban J connectivity index is 1.87. The minimum absolute atomic E-state index is 0.209. The molecule has 1 atom stereocenters. The number of nitrogens with zero attached hydrogens (tertiary/aromatic N) is 1. The minimum Gasteiger partial charge on any atom is -0.497 e. The Morgan fingerprint density at radius 1 is 1.07 bits per heavy atom. The number of aromatic nitrogens is 1. The van der Waals surface area contributed by atoms with Gasteiger partial charge in [-0.1, -0.05) is 36.4 Å². The van der Waals surface area contributed by atoms with Crippen molar-refractivity contribution in [3.8, 4) is 16.9 Å². The normalized spacial score (nSPS) is 11.5. The Bertz CT molecular complexity index is 1030. The second kappa shape index (κ2) is 9.01. The van der Waals surface area contributed by atoms with Crippen molar-refractivity contribution in [1.29, 1.82) is 0 Å². The Hall–Kier alpha value is -3.67. The topological polar surface area (TPSA) is 88.5 Å². The van der Waals surface area contributed by atoms with Gasteiger partial charge in [0.15, 0.2) is 0 Å². The van der Waals surface area contributed by atoms with Crippen molar-refractivity contribution in [2.75, 3.05) is 7.11 Å². The zero-order chi connectivity index (χ0) is 20.8. The molecule has 0 unspecified atom stereocenters. The maximum absolute atomic E-state index is 12.9. The molecule has 1 amide bonds. The van der Waals surface area contributed by atoms with Crippen LogP contribution in [0.25, 0.3) is 11.1 Å². The van der Waals surface area contributed by atoms with Gasteiger partial charge < -0.3 is 15.2 Å². The largest absolute Gasteiger partial charge is 0.497 e. The molecule has 0 radical (unpaired) electrons. The summed E-state index contributed by atoms with van der Waals surface area (Å²) in [6.45, 7) is 1.89. The van der Waals surface area contributed by atoms with Crippen molar-refractivity contribution in [2.45, 2.75) is 19.4 Å². The van der Waals surface area contributed by atoms with Gasteiger partial charge in [-0.2, -0.15) is 0 Å². The third-order valence-corrected chi connectivity index (χ3v) is 4.65. The number of methoxy groups -OCH3 is 1. The van der Waals surface area contributed by atoms with Crippen molar-refractivity contribution in [2.24, 2.45) is 0 Å². The molecule has 3 rings (SSSR count). The summed E-state index contributed by atoms with van der Waals surface area (Å²) in [6, 6.07) is 16.0. The lowest BCUT2D eigenvalue weighted by Gasteiger charge is -2.19. The molecule has 6 heteroatoms. The van der Waals surface area contributed by atoms with Gasteiger partial charge in [-0.05, 0) is 41.8 Å². The molecule has 1 aromatic heterocycles. The summed E-state index contributed by atoms with van der Waals surface area (Å²) in [4.78, 5) is 28.4. The van der Waals surface area contributed by atoms with Gasteiger partial charge >= 0.3 is 5.97 Å². The van der Waals surface area contributed by atoms with Crippen LogP contribution in [-0.4, -0.2) is 29.1 Å². The lowest BCUT2D eigenvalue weighted by Crippen LogP contribution is -2.30. The molecule has 148 valence electrons. The molecule has 0 saturated heterocycles. The summed E-state index contributed by atoms with van der Waals surface area (Å²) in [7, 11) is 1.59. The van der Waals surface area contributed by atoms with Gasteiger partial charge in [0.2, 0.25) is 0 Å². The smallest absolute Gasteiger partial charge is 0.305 e. The fourth-order valence-electron chi connectivity index (χ4n) is 3.16. The van der Waals surface area contributed by atoms with Crippen LogP contribution >= 0.6 is 0 Å². The second-order valence-electron chi connectivity index (χ2n) is 6.67. The van der Waals surface area contributed by atoms with E-state index in [1.54, 1.807) is 19.4 Å². The number of ether oxygens (including phenoxy) is 1. The number of aliphatic carboxylic acids is 1. The number of hydrogen-bond donors (Lipinski definition) is 2. The predicted octanol–water partition coefficient (Wildman–Crippen LogP) is 4.01. The lowest BCUT2D eigenvalue weighted by atomic mass is 9.98. The average molecular weight is 390 g/mol. The van der Waals surface area contributed by atoms with E-state index < -0.39 is 12.0 Å². The van der Waals surface area contributed by atoms with E-state index in [1.165, 1.54) is 6.20 Å². The fraction of sp³-hybridized carbons (Fsp3) is 0.174. The van der Waals surface area contributed by atoms with Gasteiger partial charge in [0.1, 0.15) is 5.75 Å². The maximum atomic E-state index is 12.9. The number of carbonyl (C=O) groups is 2. The van der Waals surface area contributed by atoms with Crippen LogP contribution in [0.4, 0.5) is 0 Å². The molecule has 2 aromatic carbocycles. The van der Waals surface area contributed by atoms with Crippen LogP contribution in [0.3, 0.4) is 0 Å². The van der Waals surface area contributed by atoms with Crippen molar-refractivity contribution < 1.29 is 19.4 Å². The summed E-state index contributed by atoms with van der Waals surface area (Å²) >= 11 is 0. The van der Waals surface area contributed by atoms with E-state index in [9.17, 15) is 14.7 Å². The minimum atomic E-state index is -0.984. The van der Waals surface area contributed by atoms with E-state index in [0.717, 1.165) is 22.3 Å². The highest BCUT2D eigenvalue weighted by atomic mass is 16.5. The molecule has 0 aliphatic heterocycles. The molecular formula is C23H22N2O4. The standard InChI is InChI=1S/C23H22N2O4/c1-15-6-3-4-9-20(15)21(12-22(26)27)25-23(28)18-10-17(13-24-14-18)16-7-5-8-19(11-16)29-2/h3-11,13-14,21H,12H2,1-2H3,(H,25,28)(H,26,27)/t21-/m0/s1. The number of pyridine rings is 1. The molecule has 29 heavy (non-hydrogen) atoms. The van der Waals surface area contributed by atoms with Gasteiger partial charge in [0.05, 0.1) is 25.1 Å². The number of hydrogen-bond acceptors (Lipinski definition) is 4. The number of benzene rings is 2. The summed E-state index contributed by atoms with van der Waals surface area (Å²) in [5, 5.41) is 12.1. The predicted molar refractivity (Wildman–Crippen MR) is 110 cm³/mol. The first-order chi connectivity index (χ1) is 14.0. The van der Waals surface area contributed by atoms with Crippen LogP contribution < -0.4 is 10.1 Å². The molecule has 3 aromatic rings. The zero-order valence-electron chi connectivity index (χ0n) is 16.3. The van der Waals surface area contributed by atoms with Crippen molar-refractivity contribution in [1.82, 2.24) is 10.3 Å². The van der Waals surface area contributed by atoms with Crippen molar-refractivity contribution in [3.63, 3.8) is 0 Å². The van der Waals surface area contributed by atoms with E-state index in [0.29, 0.717) is 11.3 Å². The SMILES string of the molecule is COc1cccc(-c2cncc(C(=O)N[C@@H](CC(=O)O)c3ccccc3C)c2)c1. The average Bonchev–Trinajstić information content (AvgIpc) is 2.73. The van der Waals surface area contributed by atoms with Crippen molar-refractivity contribution >= 4 is 11.9 Å². The summed E-state index contributed by atoms with van der Waals surface area (Å²) in [5.41, 5.74) is 3.69. The fourth-order valence-corrected chi connectivity index (χ4v) is 3.16. The number of amides is 1. The summed E-state index contributed by atoms with van der Waals surface area (Å²) in [5.74, 6) is -0.656. The molecule has 0 aliphatic rings. The first-order valence-corrected chi connectivity index (χ1v) is 9.15. The molecule has 0 fully saturated rings. The van der Waals surface area contributed by atoms with Crippen LogP contribution in [-0.2, 0) is 4.79 Å². The summed E-state index contributed by atoms with van der Waals surface area (Å²) < 4.78 is 5.25. The highest BCUT2D eigenvalue weighted by Gasteiger charge is 2.20. The molecular weight excluding hydrogens is 368 g/mol. The Morgan fingerprint density at radius 2 is 1.86 bits per heavy atom. The number of aryl methyl sites for hydroxylation is 1. The zero-order valence-corrected chi connectivity index (χ0v) is 16.3. The second-order valence-corrected chi connectivity index (χ2v) is 6.67. The van der Waals surface area contributed by atoms with Gasteiger partial charge in [0.25, 0.3) is 5.91 Å². The molecule has 0 spiro atoms. The number of carbonyl (C=O) groups excluding carboxylic acids is 1. The van der Waals surface area contributed by atoms with Crippen molar-refractivity contribution in [3.05, 3.63) is 83.7 Å². The molecule has 2 N–H and O–H groups in total. The Kier molecular flexibility index (Phi) is 6.24.